The average molecular weight is 366 g/mol. The lowest BCUT2D eigenvalue weighted by atomic mass is 9.42. The molecule has 8 atom stereocenters. The zero-order chi connectivity index (χ0) is 18.9. The minimum absolute atomic E-state index is 0.0234. The molecular formula is C21H31FO4. The van der Waals surface area contributed by atoms with Crippen LogP contribution in [0.25, 0.3) is 0 Å². The fourth-order valence-corrected chi connectivity index (χ4v) is 7.59. The Morgan fingerprint density at radius 2 is 1.85 bits per heavy atom. The van der Waals surface area contributed by atoms with E-state index in [1.54, 1.807) is 0 Å². The molecule has 0 heterocycles. The van der Waals surface area contributed by atoms with E-state index < -0.39 is 23.1 Å². The van der Waals surface area contributed by atoms with Crippen molar-refractivity contribution in [3.63, 3.8) is 0 Å². The van der Waals surface area contributed by atoms with Gasteiger partial charge in [0.25, 0.3) is 0 Å². The van der Waals surface area contributed by atoms with Crippen LogP contribution in [0.1, 0.15) is 65.2 Å². The van der Waals surface area contributed by atoms with Crippen LogP contribution in [-0.4, -0.2) is 40.2 Å². The molecule has 26 heavy (non-hydrogen) atoms. The molecule has 0 spiro atoms. The predicted octanol–water partition coefficient (Wildman–Crippen LogP) is 2.84. The summed E-state index contributed by atoms with van der Waals surface area (Å²) in [7, 11) is 0. The maximum atomic E-state index is 16.7. The molecule has 0 radical (unpaired) electrons. The van der Waals surface area contributed by atoms with Crippen molar-refractivity contribution in [2.45, 2.75) is 77.0 Å². The molecule has 0 saturated heterocycles. The highest BCUT2D eigenvalue weighted by molar-refractivity contribution is 5.92. The van der Waals surface area contributed by atoms with E-state index in [2.05, 4.69) is 0 Å². The largest absolute Gasteiger partial charge is 0.393 e. The molecule has 4 nitrogen and oxygen atoms in total. The van der Waals surface area contributed by atoms with Crippen molar-refractivity contribution >= 4 is 11.6 Å². The van der Waals surface area contributed by atoms with Gasteiger partial charge in [0.15, 0.2) is 17.2 Å². The summed E-state index contributed by atoms with van der Waals surface area (Å²) in [6.07, 6.45) is 4.36. The molecule has 0 aromatic rings. The van der Waals surface area contributed by atoms with Crippen molar-refractivity contribution in [3.05, 3.63) is 0 Å². The summed E-state index contributed by atoms with van der Waals surface area (Å²) < 4.78 is 16.7. The standard InChI is InChI=1S/C21H31FO4/c1-19-10-18(26)21(22)15(14(19)5-6-16(19)17(25)11-23)4-3-12-9-13(24)7-8-20(12,21)2/h12-16,23-24H,3-11H2,1-2H3/t12?,13-,14?,15?,16-,19+,20+,21-/m1/s1. The number of hydrogen-bond donors (Lipinski definition) is 2. The van der Waals surface area contributed by atoms with Crippen LogP contribution in [0.2, 0.25) is 0 Å². The summed E-state index contributed by atoms with van der Waals surface area (Å²) in [5.74, 6) is -1.11. The molecule has 0 aromatic heterocycles. The molecule has 0 amide bonds. The zero-order valence-electron chi connectivity index (χ0n) is 15.8. The van der Waals surface area contributed by atoms with Crippen LogP contribution in [0.4, 0.5) is 4.39 Å². The molecule has 146 valence electrons. The molecule has 4 aliphatic carbocycles. The van der Waals surface area contributed by atoms with E-state index in [1.165, 1.54) is 0 Å². The Balaban J connectivity index is 1.73. The number of aliphatic hydroxyl groups excluding tert-OH is 2. The van der Waals surface area contributed by atoms with E-state index in [4.69, 9.17) is 0 Å². The van der Waals surface area contributed by atoms with Crippen molar-refractivity contribution in [1.82, 2.24) is 0 Å². The number of hydrogen-bond acceptors (Lipinski definition) is 4. The number of halogens is 1. The summed E-state index contributed by atoms with van der Waals surface area (Å²) in [5, 5.41) is 19.4. The Morgan fingerprint density at radius 3 is 2.54 bits per heavy atom. The Kier molecular flexibility index (Phi) is 4.17. The Bertz CT molecular complexity index is 636. The molecule has 2 N–H and O–H groups in total. The number of fused-ring (bicyclic) bond motifs is 5. The van der Waals surface area contributed by atoms with Gasteiger partial charge < -0.3 is 10.2 Å². The normalized spacial score (nSPS) is 53.6. The Morgan fingerprint density at radius 1 is 1.15 bits per heavy atom. The van der Waals surface area contributed by atoms with E-state index in [0.29, 0.717) is 32.1 Å². The molecule has 4 rings (SSSR count). The molecule has 3 unspecified atom stereocenters. The summed E-state index contributed by atoms with van der Waals surface area (Å²) in [6, 6.07) is 0. The quantitative estimate of drug-likeness (QED) is 0.788. The second-order valence-electron chi connectivity index (χ2n) is 9.90. The Hall–Kier alpha value is -0.810. The summed E-state index contributed by atoms with van der Waals surface area (Å²) in [6.45, 7) is 3.41. The number of Topliss-reactive ketones (excluding diaryl/α,β-unsaturated/α-hetero) is 2. The lowest BCUT2D eigenvalue weighted by molar-refractivity contribution is -0.201. The monoisotopic (exact) mass is 366 g/mol. The van der Waals surface area contributed by atoms with Gasteiger partial charge in [-0.3, -0.25) is 9.59 Å². The third-order valence-corrected chi connectivity index (χ3v) is 9.01. The molecule has 0 aliphatic heterocycles. The predicted molar refractivity (Wildman–Crippen MR) is 94.1 cm³/mol. The molecular weight excluding hydrogens is 335 g/mol. The van der Waals surface area contributed by atoms with Gasteiger partial charge >= 0.3 is 0 Å². The van der Waals surface area contributed by atoms with Crippen LogP contribution in [0.3, 0.4) is 0 Å². The molecule has 4 fully saturated rings. The maximum Gasteiger partial charge on any atom is 0.177 e. The molecule has 4 saturated carbocycles. The first-order chi connectivity index (χ1) is 12.2. The van der Waals surface area contributed by atoms with Gasteiger partial charge in [0, 0.05) is 23.7 Å². The number of aliphatic hydroxyl groups is 2. The van der Waals surface area contributed by atoms with E-state index in [-0.39, 0.29) is 47.8 Å². The van der Waals surface area contributed by atoms with Gasteiger partial charge in [0.2, 0.25) is 0 Å². The van der Waals surface area contributed by atoms with E-state index in [0.717, 1.165) is 12.8 Å². The SMILES string of the molecule is C[C@]12CC(=O)[C@]3(F)C(CCC4C[C@H](O)CC[C@@]43C)C1CC[C@@H]2C(=O)CO. The highest BCUT2D eigenvalue weighted by atomic mass is 19.1. The van der Waals surface area contributed by atoms with Gasteiger partial charge in [-0.25, -0.2) is 4.39 Å². The number of ketones is 2. The minimum atomic E-state index is -1.84. The maximum absolute atomic E-state index is 16.7. The summed E-state index contributed by atoms with van der Waals surface area (Å²) in [4.78, 5) is 25.5. The van der Waals surface area contributed by atoms with Gasteiger partial charge in [-0.2, -0.15) is 0 Å². The summed E-state index contributed by atoms with van der Waals surface area (Å²) in [5.41, 5.74) is -3.06. The van der Waals surface area contributed by atoms with Crippen LogP contribution in [0, 0.1) is 34.5 Å². The van der Waals surface area contributed by atoms with Crippen molar-refractivity contribution in [1.29, 1.82) is 0 Å². The van der Waals surface area contributed by atoms with Gasteiger partial charge in [0.1, 0.15) is 6.61 Å². The van der Waals surface area contributed by atoms with Crippen molar-refractivity contribution in [2.75, 3.05) is 6.61 Å². The van der Waals surface area contributed by atoms with E-state index in [1.807, 2.05) is 13.8 Å². The topological polar surface area (TPSA) is 74.6 Å². The smallest absolute Gasteiger partial charge is 0.177 e. The Labute approximate surface area is 154 Å². The van der Waals surface area contributed by atoms with Crippen molar-refractivity contribution < 1.29 is 24.2 Å². The van der Waals surface area contributed by atoms with E-state index in [9.17, 15) is 19.8 Å². The number of alkyl halides is 1. The van der Waals surface area contributed by atoms with Gasteiger partial charge in [-0.15, -0.1) is 0 Å². The first kappa shape index (κ1) is 18.5. The highest BCUT2D eigenvalue weighted by Gasteiger charge is 2.72. The van der Waals surface area contributed by atoms with Crippen LogP contribution in [0.5, 0.6) is 0 Å². The van der Waals surface area contributed by atoms with Crippen LogP contribution in [-0.2, 0) is 9.59 Å². The number of carbonyl (C=O) groups excluding carboxylic acids is 2. The van der Waals surface area contributed by atoms with Crippen LogP contribution in [0.15, 0.2) is 0 Å². The number of carbonyl (C=O) groups is 2. The molecule has 0 aromatic carbocycles. The zero-order valence-corrected chi connectivity index (χ0v) is 15.8. The molecule has 4 aliphatic rings. The first-order valence-corrected chi connectivity index (χ1v) is 10.2. The van der Waals surface area contributed by atoms with Crippen LogP contribution >= 0.6 is 0 Å². The molecule has 5 heteroatoms. The van der Waals surface area contributed by atoms with Gasteiger partial charge in [-0.1, -0.05) is 13.8 Å². The van der Waals surface area contributed by atoms with E-state index >= 15 is 4.39 Å². The second kappa shape index (κ2) is 5.84. The fourth-order valence-electron chi connectivity index (χ4n) is 7.59. The third kappa shape index (κ3) is 2.13. The fraction of sp³-hybridized carbons (Fsp3) is 0.905. The van der Waals surface area contributed by atoms with Crippen LogP contribution < -0.4 is 0 Å². The van der Waals surface area contributed by atoms with Gasteiger partial charge in [0.05, 0.1) is 6.10 Å². The first-order valence-electron chi connectivity index (χ1n) is 10.2. The van der Waals surface area contributed by atoms with Crippen molar-refractivity contribution in [3.8, 4) is 0 Å². The summed E-state index contributed by atoms with van der Waals surface area (Å²) >= 11 is 0. The third-order valence-electron chi connectivity index (χ3n) is 9.01. The van der Waals surface area contributed by atoms with Crippen molar-refractivity contribution in [2.24, 2.45) is 34.5 Å². The lowest BCUT2D eigenvalue weighted by Crippen LogP contribution is -2.67. The number of rotatable bonds is 2. The molecule has 0 bridgehead atoms. The minimum Gasteiger partial charge on any atom is -0.393 e. The van der Waals surface area contributed by atoms with Gasteiger partial charge in [-0.05, 0) is 62.2 Å². The average Bonchev–Trinajstić information content (AvgIpc) is 2.93. The second-order valence-corrected chi connectivity index (χ2v) is 9.90. The lowest BCUT2D eigenvalue weighted by Gasteiger charge is -2.62. The highest BCUT2D eigenvalue weighted by Crippen LogP contribution is 2.69.